The zero-order valence-corrected chi connectivity index (χ0v) is 11.3. The Kier molecular flexibility index (Phi) is 3.38. The summed E-state index contributed by atoms with van der Waals surface area (Å²) < 4.78 is 0.896. The van der Waals surface area contributed by atoms with Gasteiger partial charge in [-0.2, -0.15) is 11.3 Å². The van der Waals surface area contributed by atoms with Crippen LogP contribution in [0, 0.1) is 0 Å². The van der Waals surface area contributed by atoms with E-state index < -0.39 is 0 Å². The van der Waals surface area contributed by atoms with Gasteiger partial charge in [-0.25, -0.2) is 0 Å². The molecule has 0 atom stereocenters. The lowest BCUT2D eigenvalue weighted by atomic mass is 10.1. The highest BCUT2D eigenvalue weighted by Gasteiger charge is 2.17. The Bertz CT molecular complexity index is 484. The highest BCUT2D eigenvalue weighted by molar-refractivity contribution is 9.10. The normalized spacial score (nSPS) is 10.5. The van der Waals surface area contributed by atoms with Gasteiger partial charge in [-0.3, -0.25) is 4.79 Å². The molecule has 78 valence electrons. The van der Waals surface area contributed by atoms with Crippen LogP contribution in [0.4, 0.5) is 0 Å². The van der Waals surface area contributed by atoms with Crippen molar-refractivity contribution in [2.45, 2.75) is 13.3 Å². The molecular weight excluding hydrogens is 292 g/mol. The molecule has 2 rings (SSSR count). The molecule has 4 heteroatoms. The molecule has 0 aliphatic heterocycles. The minimum absolute atomic E-state index is 0.134. The lowest BCUT2D eigenvalue weighted by Gasteiger charge is -1.99. The number of carbonyl (C=O) groups is 1. The zero-order chi connectivity index (χ0) is 10.8. The summed E-state index contributed by atoms with van der Waals surface area (Å²) in [6.07, 6.45) is 0.909. The molecule has 0 aliphatic carbocycles. The number of carbonyl (C=O) groups excluding carboxylic acids is 1. The fourth-order valence-electron chi connectivity index (χ4n) is 1.38. The van der Waals surface area contributed by atoms with Crippen LogP contribution in [0.15, 0.2) is 26.7 Å². The minimum Gasteiger partial charge on any atom is -0.288 e. The second kappa shape index (κ2) is 4.60. The van der Waals surface area contributed by atoms with Gasteiger partial charge in [-0.1, -0.05) is 6.92 Å². The highest BCUT2D eigenvalue weighted by atomic mass is 79.9. The van der Waals surface area contributed by atoms with E-state index in [1.54, 1.807) is 11.3 Å². The van der Waals surface area contributed by atoms with Gasteiger partial charge < -0.3 is 0 Å². The van der Waals surface area contributed by atoms with Crippen LogP contribution in [0.25, 0.3) is 0 Å². The van der Waals surface area contributed by atoms with Crippen LogP contribution in [0.5, 0.6) is 0 Å². The smallest absolute Gasteiger partial charge is 0.205 e. The Balaban J connectivity index is 2.41. The lowest BCUT2D eigenvalue weighted by Crippen LogP contribution is -2.00. The third-order valence-electron chi connectivity index (χ3n) is 2.19. The van der Waals surface area contributed by atoms with E-state index in [4.69, 9.17) is 0 Å². The summed E-state index contributed by atoms with van der Waals surface area (Å²) in [5, 5.41) is 5.81. The zero-order valence-electron chi connectivity index (χ0n) is 8.12. The molecule has 0 aromatic carbocycles. The monoisotopic (exact) mass is 300 g/mol. The molecule has 0 spiro atoms. The molecule has 0 N–H and O–H groups in total. The lowest BCUT2D eigenvalue weighted by molar-refractivity contribution is 0.104. The number of halogens is 1. The molecule has 2 aromatic rings. The molecule has 0 fully saturated rings. The van der Waals surface area contributed by atoms with Gasteiger partial charge in [0.05, 0.1) is 4.88 Å². The second-order valence-electron chi connectivity index (χ2n) is 3.09. The SMILES string of the molecule is CCc1ccsc1C(=O)c1cscc1Br. The molecule has 2 heterocycles. The third-order valence-corrected chi connectivity index (χ3v) is 4.85. The topological polar surface area (TPSA) is 17.1 Å². The van der Waals surface area contributed by atoms with Gasteiger partial charge in [-0.15, -0.1) is 11.3 Å². The van der Waals surface area contributed by atoms with Crippen molar-refractivity contribution in [2.24, 2.45) is 0 Å². The molecule has 1 nitrogen and oxygen atoms in total. The number of aryl methyl sites for hydroxylation is 1. The van der Waals surface area contributed by atoms with Crippen LogP contribution < -0.4 is 0 Å². The number of rotatable bonds is 3. The quantitative estimate of drug-likeness (QED) is 0.770. The van der Waals surface area contributed by atoms with Crippen LogP contribution in [0.3, 0.4) is 0 Å². The first-order valence-corrected chi connectivity index (χ1v) is 7.18. The van der Waals surface area contributed by atoms with Crippen LogP contribution >= 0.6 is 38.6 Å². The number of hydrogen-bond donors (Lipinski definition) is 0. The molecule has 0 saturated carbocycles. The summed E-state index contributed by atoms with van der Waals surface area (Å²) in [6, 6.07) is 2.03. The van der Waals surface area contributed by atoms with Crippen molar-refractivity contribution in [3.63, 3.8) is 0 Å². The van der Waals surface area contributed by atoms with Crippen molar-refractivity contribution in [1.82, 2.24) is 0 Å². The Morgan fingerprint density at radius 3 is 2.87 bits per heavy atom. The van der Waals surface area contributed by atoms with Crippen LogP contribution in [-0.4, -0.2) is 5.78 Å². The second-order valence-corrected chi connectivity index (χ2v) is 5.61. The molecule has 15 heavy (non-hydrogen) atoms. The van der Waals surface area contributed by atoms with E-state index in [9.17, 15) is 4.79 Å². The van der Waals surface area contributed by atoms with Crippen LogP contribution in [-0.2, 0) is 6.42 Å². The van der Waals surface area contributed by atoms with Crippen LogP contribution in [0.2, 0.25) is 0 Å². The van der Waals surface area contributed by atoms with E-state index in [-0.39, 0.29) is 5.78 Å². The van der Waals surface area contributed by atoms with E-state index >= 15 is 0 Å². The summed E-state index contributed by atoms with van der Waals surface area (Å²) >= 11 is 6.46. The fourth-order valence-corrected chi connectivity index (χ4v) is 3.78. The van der Waals surface area contributed by atoms with Gasteiger partial charge in [0, 0.05) is 20.8 Å². The molecule has 0 unspecified atom stereocenters. The number of thiophene rings is 2. The van der Waals surface area contributed by atoms with Gasteiger partial charge in [0.15, 0.2) is 0 Å². The van der Waals surface area contributed by atoms with Crippen molar-refractivity contribution < 1.29 is 4.79 Å². The summed E-state index contributed by atoms with van der Waals surface area (Å²) in [7, 11) is 0. The molecular formula is C11H9BrOS2. The van der Waals surface area contributed by atoms with Crippen molar-refractivity contribution in [3.05, 3.63) is 42.7 Å². The Hall–Kier alpha value is -0.450. The molecule has 0 radical (unpaired) electrons. The predicted octanol–water partition coefficient (Wildman–Crippen LogP) is 4.37. The fraction of sp³-hybridized carbons (Fsp3) is 0.182. The first kappa shape index (κ1) is 11.0. The van der Waals surface area contributed by atoms with Gasteiger partial charge >= 0.3 is 0 Å². The summed E-state index contributed by atoms with van der Waals surface area (Å²) in [5.41, 5.74) is 1.92. The molecule has 0 saturated heterocycles. The predicted molar refractivity (Wildman–Crippen MR) is 69.1 cm³/mol. The average Bonchev–Trinajstić information content (AvgIpc) is 2.84. The largest absolute Gasteiger partial charge is 0.288 e. The van der Waals surface area contributed by atoms with Gasteiger partial charge in [0.1, 0.15) is 0 Å². The van der Waals surface area contributed by atoms with E-state index in [1.165, 1.54) is 11.3 Å². The first-order valence-electron chi connectivity index (χ1n) is 4.56. The standard InChI is InChI=1S/C11H9BrOS2/c1-2-7-3-4-15-11(7)10(13)8-5-14-6-9(8)12/h3-6H,2H2,1H3. The van der Waals surface area contributed by atoms with Crippen molar-refractivity contribution in [3.8, 4) is 0 Å². The van der Waals surface area contributed by atoms with Gasteiger partial charge in [0.2, 0.25) is 5.78 Å². The molecule has 0 amide bonds. The maximum absolute atomic E-state index is 12.2. The van der Waals surface area contributed by atoms with Crippen molar-refractivity contribution >= 4 is 44.4 Å². The summed E-state index contributed by atoms with van der Waals surface area (Å²) in [4.78, 5) is 13.0. The van der Waals surface area contributed by atoms with E-state index in [0.717, 1.165) is 26.9 Å². The maximum atomic E-state index is 12.2. The van der Waals surface area contributed by atoms with Crippen molar-refractivity contribution in [1.29, 1.82) is 0 Å². The summed E-state index contributed by atoms with van der Waals surface area (Å²) in [5.74, 6) is 0.134. The molecule has 0 aliphatic rings. The maximum Gasteiger partial charge on any atom is 0.205 e. The number of hydrogen-bond acceptors (Lipinski definition) is 3. The van der Waals surface area contributed by atoms with Gasteiger partial charge in [0.25, 0.3) is 0 Å². The molecule has 2 aromatic heterocycles. The summed E-state index contributed by atoms with van der Waals surface area (Å²) in [6.45, 7) is 2.07. The number of ketones is 1. The first-order chi connectivity index (χ1) is 7.24. The molecule has 0 bridgehead atoms. The average molecular weight is 301 g/mol. The third kappa shape index (κ3) is 2.07. The minimum atomic E-state index is 0.134. The Morgan fingerprint density at radius 1 is 1.47 bits per heavy atom. The van der Waals surface area contributed by atoms with Crippen LogP contribution in [0.1, 0.15) is 27.7 Å². The Labute approximate surface area is 105 Å². The highest BCUT2D eigenvalue weighted by Crippen LogP contribution is 2.27. The van der Waals surface area contributed by atoms with Crippen molar-refractivity contribution in [2.75, 3.05) is 0 Å². The Morgan fingerprint density at radius 2 is 2.27 bits per heavy atom. The van der Waals surface area contributed by atoms with E-state index in [2.05, 4.69) is 22.9 Å². The van der Waals surface area contributed by atoms with E-state index in [0.29, 0.717) is 0 Å². The van der Waals surface area contributed by atoms with Gasteiger partial charge in [-0.05, 0) is 39.4 Å². The van der Waals surface area contributed by atoms with E-state index in [1.807, 2.05) is 22.2 Å².